The third-order valence-corrected chi connectivity index (χ3v) is 7.69. The van der Waals surface area contributed by atoms with Crippen LogP contribution in [-0.2, 0) is 14.4 Å². The molecule has 3 amide bonds. The second-order valence-electron chi connectivity index (χ2n) is 9.91. The minimum absolute atomic E-state index is 0.0395. The number of carbonyl (C=O) groups excluding carboxylic acids is 3. The molecule has 2 heterocycles. The van der Waals surface area contributed by atoms with Crippen molar-refractivity contribution in [2.24, 2.45) is 23.7 Å². The molecule has 0 aromatic heterocycles. The molecule has 0 spiro atoms. The molecule has 2 unspecified atom stereocenters. The molecule has 1 aliphatic carbocycles. The molecule has 7 nitrogen and oxygen atoms in total. The first-order valence-electron chi connectivity index (χ1n) is 12.5. The van der Waals surface area contributed by atoms with Crippen LogP contribution < -0.4 is 10.6 Å². The summed E-state index contributed by atoms with van der Waals surface area (Å²) in [5, 5.41) is 15.4. The molecule has 2 saturated heterocycles. The van der Waals surface area contributed by atoms with Crippen molar-refractivity contribution in [3.05, 3.63) is 65.0 Å². The van der Waals surface area contributed by atoms with Crippen LogP contribution in [0, 0.1) is 40.8 Å². The summed E-state index contributed by atoms with van der Waals surface area (Å²) in [5.41, 5.74) is 0.211. The Bertz CT molecular complexity index is 1190. The summed E-state index contributed by atoms with van der Waals surface area (Å²) in [6.07, 6.45) is 12.1. The molecule has 0 saturated carbocycles. The van der Waals surface area contributed by atoms with E-state index in [0.29, 0.717) is 25.9 Å². The van der Waals surface area contributed by atoms with E-state index in [-0.39, 0.29) is 46.6 Å². The van der Waals surface area contributed by atoms with Gasteiger partial charge in [-0.3, -0.25) is 14.4 Å². The van der Waals surface area contributed by atoms with Crippen LogP contribution >= 0.6 is 11.6 Å². The lowest BCUT2D eigenvalue weighted by molar-refractivity contribution is -0.135. The van der Waals surface area contributed by atoms with Crippen molar-refractivity contribution in [3.8, 4) is 6.07 Å². The number of amides is 3. The van der Waals surface area contributed by atoms with E-state index in [1.165, 1.54) is 35.3 Å². The molecule has 2 fully saturated rings. The summed E-state index contributed by atoms with van der Waals surface area (Å²) in [4.78, 5) is 40.1. The molecule has 3 aliphatic rings. The minimum atomic E-state index is -0.840. The summed E-state index contributed by atoms with van der Waals surface area (Å²) in [7, 11) is 0. The first-order valence-corrected chi connectivity index (χ1v) is 12.9. The SMILES string of the molecule is CC1C=CC=CC1[C@@H]1C[C@@H](C(=O)N[C@H](C#N)C[C@@H]2CCNC2=O)N(C(=O)/C=C/c2ccc(Cl)cc2F)C1. The van der Waals surface area contributed by atoms with Crippen LogP contribution in [0.1, 0.15) is 31.7 Å². The predicted molar refractivity (Wildman–Crippen MR) is 138 cm³/mol. The van der Waals surface area contributed by atoms with Gasteiger partial charge < -0.3 is 15.5 Å². The molecule has 1 aromatic carbocycles. The van der Waals surface area contributed by atoms with E-state index in [4.69, 9.17) is 11.6 Å². The standard InChI is InChI=1S/C28H30ClFN4O3/c1-17-4-2-3-5-23(17)20-13-25(28(37)33-22(15-31)12-19-10-11-32-27(19)36)34(16-20)26(35)9-7-18-6-8-21(29)14-24(18)30/h2-9,14,17,19-20,22-23,25H,10-13,16H2,1H3,(H,32,36)(H,33,37)/b9-7+/t17?,19-,20+,22-,23?,25-/m0/s1. The molecule has 1 aromatic rings. The molecule has 2 N–H and O–H groups in total. The first kappa shape index (κ1) is 26.6. The summed E-state index contributed by atoms with van der Waals surface area (Å²) < 4.78 is 14.2. The zero-order valence-electron chi connectivity index (χ0n) is 20.6. The van der Waals surface area contributed by atoms with Gasteiger partial charge in [0.1, 0.15) is 17.9 Å². The van der Waals surface area contributed by atoms with Gasteiger partial charge in [0.15, 0.2) is 0 Å². The molecule has 9 heteroatoms. The smallest absolute Gasteiger partial charge is 0.247 e. The van der Waals surface area contributed by atoms with E-state index in [1.807, 2.05) is 12.2 Å². The number of halogens is 2. The Balaban J connectivity index is 1.51. The second-order valence-corrected chi connectivity index (χ2v) is 10.3. The maximum absolute atomic E-state index is 14.2. The number of nitrogens with one attached hydrogen (secondary N) is 2. The Morgan fingerprint density at radius 3 is 2.81 bits per heavy atom. The summed E-state index contributed by atoms with van der Waals surface area (Å²) in [6.45, 7) is 3.02. The quantitative estimate of drug-likeness (QED) is 0.532. The van der Waals surface area contributed by atoms with Crippen LogP contribution in [-0.4, -0.2) is 47.8 Å². The lowest BCUT2D eigenvalue weighted by atomic mass is 9.79. The Hall–Kier alpha value is -3.44. The van der Waals surface area contributed by atoms with Crippen molar-refractivity contribution >= 4 is 35.4 Å². The molecule has 194 valence electrons. The van der Waals surface area contributed by atoms with Crippen molar-refractivity contribution < 1.29 is 18.8 Å². The second kappa shape index (κ2) is 11.7. The van der Waals surface area contributed by atoms with Crippen LogP contribution in [0.4, 0.5) is 4.39 Å². The van der Waals surface area contributed by atoms with E-state index in [9.17, 15) is 24.0 Å². The van der Waals surface area contributed by atoms with Gasteiger partial charge in [0, 0.05) is 35.7 Å². The highest BCUT2D eigenvalue weighted by Crippen LogP contribution is 2.36. The molecule has 2 aliphatic heterocycles. The number of likely N-dealkylation sites (tertiary alicyclic amines) is 1. The fourth-order valence-electron chi connectivity index (χ4n) is 5.42. The molecule has 0 bridgehead atoms. The lowest BCUT2D eigenvalue weighted by Gasteiger charge is -2.26. The normalized spacial score (nSPS) is 27.8. The maximum atomic E-state index is 14.2. The molecule has 37 heavy (non-hydrogen) atoms. The highest BCUT2D eigenvalue weighted by molar-refractivity contribution is 6.30. The third-order valence-electron chi connectivity index (χ3n) is 7.45. The maximum Gasteiger partial charge on any atom is 0.247 e. The Labute approximate surface area is 221 Å². The van der Waals surface area contributed by atoms with E-state index in [2.05, 4.69) is 35.8 Å². The highest BCUT2D eigenvalue weighted by Gasteiger charge is 2.43. The summed E-state index contributed by atoms with van der Waals surface area (Å²) >= 11 is 5.81. The number of rotatable bonds is 7. The zero-order chi connectivity index (χ0) is 26.5. The fourth-order valence-corrected chi connectivity index (χ4v) is 5.58. The third kappa shape index (κ3) is 6.28. The van der Waals surface area contributed by atoms with E-state index in [0.717, 1.165) is 0 Å². The van der Waals surface area contributed by atoms with Gasteiger partial charge in [-0.2, -0.15) is 5.26 Å². The van der Waals surface area contributed by atoms with Crippen LogP contribution in [0.5, 0.6) is 0 Å². The number of carbonyl (C=O) groups is 3. The van der Waals surface area contributed by atoms with Crippen molar-refractivity contribution in [2.45, 2.75) is 38.3 Å². The number of allylic oxidation sites excluding steroid dienone is 4. The number of hydrogen-bond donors (Lipinski definition) is 2. The van der Waals surface area contributed by atoms with E-state index < -0.39 is 29.7 Å². The van der Waals surface area contributed by atoms with Crippen LogP contribution in [0.15, 0.2) is 48.6 Å². The lowest BCUT2D eigenvalue weighted by Crippen LogP contribution is -2.48. The Morgan fingerprint density at radius 2 is 2.14 bits per heavy atom. The molecule has 0 radical (unpaired) electrons. The van der Waals surface area contributed by atoms with Gasteiger partial charge in [-0.1, -0.05) is 48.9 Å². The molecule has 6 atom stereocenters. The van der Waals surface area contributed by atoms with Crippen molar-refractivity contribution in [1.82, 2.24) is 15.5 Å². The van der Waals surface area contributed by atoms with Crippen molar-refractivity contribution in [2.75, 3.05) is 13.1 Å². The zero-order valence-corrected chi connectivity index (χ0v) is 21.3. The van der Waals surface area contributed by atoms with Crippen molar-refractivity contribution in [1.29, 1.82) is 5.26 Å². The predicted octanol–water partition coefficient (Wildman–Crippen LogP) is 3.62. The molecular formula is C28H30ClFN4O3. The summed E-state index contributed by atoms with van der Waals surface area (Å²) in [6, 6.07) is 4.65. The van der Waals surface area contributed by atoms with Gasteiger partial charge in [-0.05, 0) is 55.2 Å². The number of benzene rings is 1. The van der Waals surface area contributed by atoms with Gasteiger partial charge in [0.2, 0.25) is 17.7 Å². The Morgan fingerprint density at radius 1 is 1.35 bits per heavy atom. The molecular weight excluding hydrogens is 495 g/mol. The fraction of sp³-hybridized carbons (Fsp3) is 0.429. The largest absolute Gasteiger partial charge is 0.356 e. The van der Waals surface area contributed by atoms with Crippen LogP contribution in [0.2, 0.25) is 5.02 Å². The topological polar surface area (TPSA) is 102 Å². The monoisotopic (exact) mass is 524 g/mol. The van der Waals surface area contributed by atoms with Gasteiger partial charge in [-0.15, -0.1) is 0 Å². The highest BCUT2D eigenvalue weighted by atomic mass is 35.5. The number of nitrogens with zero attached hydrogens (tertiary/aromatic N) is 2. The van der Waals surface area contributed by atoms with Crippen LogP contribution in [0.3, 0.4) is 0 Å². The minimum Gasteiger partial charge on any atom is -0.356 e. The van der Waals surface area contributed by atoms with Gasteiger partial charge >= 0.3 is 0 Å². The van der Waals surface area contributed by atoms with E-state index in [1.54, 1.807) is 0 Å². The van der Waals surface area contributed by atoms with Crippen LogP contribution in [0.25, 0.3) is 6.08 Å². The van der Waals surface area contributed by atoms with E-state index >= 15 is 0 Å². The van der Waals surface area contributed by atoms with Crippen molar-refractivity contribution in [3.63, 3.8) is 0 Å². The average molecular weight is 525 g/mol. The first-order chi connectivity index (χ1) is 17.8. The van der Waals surface area contributed by atoms with Gasteiger partial charge in [0.05, 0.1) is 6.07 Å². The summed E-state index contributed by atoms with van der Waals surface area (Å²) in [5.74, 6) is -1.37. The number of hydrogen-bond acceptors (Lipinski definition) is 4. The van der Waals surface area contributed by atoms with Gasteiger partial charge in [-0.25, -0.2) is 4.39 Å². The van der Waals surface area contributed by atoms with Gasteiger partial charge in [0.25, 0.3) is 0 Å². The Kier molecular flexibility index (Phi) is 8.45. The molecule has 4 rings (SSSR count). The average Bonchev–Trinajstić information content (AvgIpc) is 3.49. The number of nitriles is 1.